The fraction of sp³-hybridized carbons (Fsp3) is 0. The number of aromatic amines is 1. The second-order valence-corrected chi connectivity index (χ2v) is 3.74. The highest BCUT2D eigenvalue weighted by Gasteiger charge is 2.08. The van der Waals surface area contributed by atoms with Gasteiger partial charge in [0.15, 0.2) is 0 Å². The first-order chi connectivity index (χ1) is 9.60. The smallest absolute Gasteiger partial charge is 0.273 e. The Kier molecular flexibility index (Phi) is 3.16. The van der Waals surface area contributed by atoms with E-state index >= 15 is 0 Å². The van der Waals surface area contributed by atoms with Crippen LogP contribution in [0.15, 0.2) is 34.0 Å². The van der Waals surface area contributed by atoms with Crippen LogP contribution >= 0.6 is 0 Å². The van der Waals surface area contributed by atoms with Gasteiger partial charge in [0.25, 0.3) is 5.56 Å². The summed E-state index contributed by atoms with van der Waals surface area (Å²) in [4.78, 5) is 25.0. The number of nitrogens with zero attached hydrogens (tertiary/aromatic N) is 4. The van der Waals surface area contributed by atoms with E-state index in [1.165, 1.54) is 18.2 Å². The first-order valence-corrected chi connectivity index (χ1v) is 5.31. The second-order valence-electron chi connectivity index (χ2n) is 3.74. The highest BCUT2D eigenvalue weighted by atomic mass is 16.2. The van der Waals surface area contributed by atoms with Gasteiger partial charge in [0.1, 0.15) is 23.8 Å². The van der Waals surface area contributed by atoms with Crippen molar-refractivity contribution >= 4 is 0 Å². The van der Waals surface area contributed by atoms with Gasteiger partial charge < -0.3 is 0 Å². The third kappa shape index (κ3) is 2.05. The maximum Gasteiger partial charge on any atom is 0.332 e. The van der Waals surface area contributed by atoms with E-state index in [9.17, 15) is 9.59 Å². The second kappa shape index (κ2) is 4.93. The van der Waals surface area contributed by atoms with E-state index in [2.05, 4.69) is 0 Å². The number of aromatic nitrogens is 2. The Labute approximate surface area is 112 Å². The van der Waals surface area contributed by atoms with Gasteiger partial charge in [-0.25, -0.2) is 4.79 Å². The molecule has 2 aromatic rings. The molecule has 1 aromatic carbocycles. The minimum atomic E-state index is -0.775. The zero-order valence-electron chi connectivity index (χ0n) is 9.91. The molecule has 0 atom stereocenters. The van der Waals surface area contributed by atoms with Gasteiger partial charge in [0.2, 0.25) is 0 Å². The predicted octanol–water partition coefficient (Wildman–Crippen LogP) is 0.141. The van der Waals surface area contributed by atoms with Gasteiger partial charge in [-0.05, 0) is 18.2 Å². The summed E-state index contributed by atoms with van der Waals surface area (Å²) >= 11 is 0. The van der Waals surface area contributed by atoms with Crippen LogP contribution in [0.5, 0.6) is 0 Å². The Morgan fingerprint density at radius 1 is 0.950 bits per heavy atom. The molecule has 0 amide bonds. The van der Waals surface area contributed by atoms with Gasteiger partial charge in [-0.3, -0.25) is 14.3 Å². The third-order valence-electron chi connectivity index (χ3n) is 2.58. The highest BCUT2D eigenvalue weighted by molar-refractivity contribution is 5.51. The minimum absolute atomic E-state index is 0.0987. The van der Waals surface area contributed by atoms with Crippen molar-refractivity contribution < 1.29 is 0 Å². The first-order valence-electron chi connectivity index (χ1n) is 5.31. The Morgan fingerprint density at radius 3 is 2.20 bits per heavy atom. The zero-order valence-corrected chi connectivity index (χ0v) is 9.91. The van der Waals surface area contributed by atoms with Crippen LogP contribution in [0, 0.1) is 34.0 Å². The number of nitrogens with one attached hydrogen (secondary N) is 1. The number of H-pyrrole nitrogens is 1. The largest absolute Gasteiger partial charge is 0.332 e. The van der Waals surface area contributed by atoms with Crippen LogP contribution in [0.25, 0.3) is 5.69 Å². The summed E-state index contributed by atoms with van der Waals surface area (Å²) < 4.78 is 1.03. The van der Waals surface area contributed by atoms with E-state index in [-0.39, 0.29) is 22.4 Å². The SMILES string of the molecule is N#Cc1ccc(-n2cc(C#N)c(=O)[nH]c2=O)cc1C#N. The van der Waals surface area contributed by atoms with Gasteiger partial charge in [-0.2, -0.15) is 15.8 Å². The lowest BCUT2D eigenvalue weighted by atomic mass is 10.1. The zero-order chi connectivity index (χ0) is 14.7. The lowest BCUT2D eigenvalue weighted by Crippen LogP contribution is -2.30. The molecule has 0 radical (unpaired) electrons. The van der Waals surface area contributed by atoms with Crippen LogP contribution in [-0.2, 0) is 0 Å². The molecule has 0 fully saturated rings. The molecule has 0 unspecified atom stereocenters. The molecular formula is C13H5N5O2. The number of nitriles is 3. The van der Waals surface area contributed by atoms with Crippen molar-refractivity contribution in [1.29, 1.82) is 15.8 Å². The van der Waals surface area contributed by atoms with Crippen molar-refractivity contribution in [2.75, 3.05) is 0 Å². The number of hydrogen-bond acceptors (Lipinski definition) is 5. The lowest BCUT2D eigenvalue weighted by molar-refractivity contribution is 0.889. The van der Waals surface area contributed by atoms with Crippen molar-refractivity contribution in [3.05, 3.63) is 61.9 Å². The van der Waals surface area contributed by atoms with Crippen LogP contribution in [0.3, 0.4) is 0 Å². The lowest BCUT2D eigenvalue weighted by Gasteiger charge is -2.06. The number of hydrogen-bond donors (Lipinski definition) is 1. The monoisotopic (exact) mass is 263 g/mol. The van der Waals surface area contributed by atoms with Crippen LogP contribution in [0.2, 0.25) is 0 Å². The highest BCUT2D eigenvalue weighted by Crippen LogP contribution is 2.12. The molecule has 7 nitrogen and oxygen atoms in total. The molecule has 1 N–H and O–H groups in total. The summed E-state index contributed by atoms with van der Waals surface area (Å²) in [7, 11) is 0. The molecule has 0 aliphatic heterocycles. The molecular weight excluding hydrogens is 258 g/mol. The summed E-state index contributed by atoms with van der Waals surface area (Å²) in [6, 6.07) is 9.52. The molecule has 0 saturated heterocycles. The number of benzene rings is 1. The molecule has 0 spiro atoms. The van der Waals surface area contributed by atoms with Crippen LogP contribution < -0.4 is 11.2 Å². The summed E-state index contributed by atoms with van der Waals surface area (Å²) in [6.07, 6.45) is 1.09. The summed E-state index contributed by atoms with van der Waals surface area (Å²) in [5, 5.41) is 26.5. The van der Waals surface area contributed by atoms with E-state index in [4.69, 9.17) is 15.8 Å². The van der Waals surface area contributed by atoms with Crippen LogP contribution in [0.1, 0.15) is 16.7 Å². The molecule has 20 heavy (non-hydrogen) atoms. The molecule has 1 heterocycles. The molecule has 0 bridgehead atoms. The van der Waals surface area contributed by atoms with Crippen molar-refractivity contribution in [2.45, 2.75) is 0 Å². The van der Waals surface area contributed by atoms with Crippen molar-refractivity contribution in [2.24, 2.45) is 0 Å². The Balaban J connectivity index is 2.74. The maximum atomic E-state index is 11.7. The van der Waals surface area contributed by atoms with Gasteiger partial charge in [-0.15, -0.1) is 0 Å². The molecule has 1 aromatic heterocycles. The van der Waals surface area contributed by atoms with E-state index in [1.54, 1.807) is 6.07 Å². The Hall–Kier alpha value is -3.63. The third-order valence-corrected chi connectivity index (χ3v) is 2.58. The predicted molar refractivity (Wildman–Crippen MR) is 66.8 cm³/mol. The van der Waals surface area contributed by atoms with Crippen molar-refractivity contribution in [3.8, 4) is 23.9 Å². The fourth-order valence-corrected chi connectivity index (χ4v) is 1.61. The van der Waals surface area contributed by atoms with E-state index in [0.717, 1.165) is 10.8 Å². The number of rotatable bonds is 1. The van der Waals surface area contributed by atoms with Crippen molar-refractivity contribution in [1.82, 2.24) is 9.55 Å². The van der Waals surface area contributed by atoms with Gasteiger partial charge in [0.05, 0.1) is 16.8 Å². The normalized spacial score (nSPS) is 9.25. The maximum absolute atomic E-state index is 11.7. The molecule has 0 aliphatic rings. The van der Waals surface area contributed by atoms with E-state index < -0.39 is 11.2 Å². The van der Waals surface area contributed by atoms with Gasteiger partial charge in [-0.1, -0.05) is 0 Å². The topological polar surface area (TPSA) is 126 Å². The Bertz CT molecular complexity index is 931. The van der Waals surface area contributed by atoms with E-state index in [0.29, 0.717) is 0 Å². The average Bonchev–Trinajstić information content (AvgIpc) is 2.46. The fourth-order valence-electron chi connectivity index (χ4n) is 1.61. The molecule has 7 heteroatoms. The van der Waals surface area contributed by atoms with Crippen LogP contribution in [0.4, 0.5) is 0 Å². The quantitative estimate of drug-likeness (QED) is 0.782. The standard InChI is InChI=1S/C13H5N5O2/c14-4-8-1-2-11(3-9(8)5-15)18-7-10(6-16)12(19)17-13(18)20/h1-3,7H,(H,17,19,20). The molecule has 0 aliphatic carbocycles. The van der Waals surface area contributed by atoms with E-state index in [1.807, 2.05) is 17.1 Å². The first kappa shape index (κ1) is 12.8. The molecule has 2 rings (SSSR count). The van der Waals surface area contributed by atoms with Crippen LogP contribution in [-0.4, -0.2) is 9.55 Å². The summed E-state index contributed by atoms with van der Waals surface area (Å²) in [6.45, 7) is 0. The van der Waals surface area contributed by atoms with Gasteiger partial charge >= 0.3 is 5.69 Å². The minimum Gasteiger partial charge on any atom is -0.273 e. The summed E-state index contributed by atoms with van der Waals surface area (Å²) in [5.41, 5.74) is -1.19. The molecule has 0 saturated carbocycles. The van der Waals surface area contributed by atoms with Gasteiger partial charge in [0, 0.05) is 6.20 Å². The molecule has 94 valence electrons. The summed E-state index contributed by atoms with van der Waals surface area (Å²) in [5.74, 6) is 0. The Morgan fingerprint density at radius 2 is 1.60 bits per heavy atom. The van der Waals surface area contributed by atoms with Crippen molar-refractivity contribution in [3.63, 3.8) is 0 Å². The average molecular weight is 263 g/mol.